The van der Waals surface area contributed by atoms with Gasteiger partial charge in [0.1, 0.15) is 5.82 Å². The summed E-state index contributed by atoms with van der Waals surface area (Å²) in [5, 5.41) is 0. The molecule has 0 saturated carbocycles. The minimum absolute atomic E-state index is 0.0818. The molecule has 2 rings (SSSR count). The van der Waals surface area contributed by atoms with E-state index in [1.54, 1.807) is 0 Å². The minimum atomic E-state index is -0.636. The van der Waals surface area contributed by atoms with Gasteiger partial charge in [-0.1, -0.05) is 0 Å². The number of rotatable bonds is 2. The Bertz CT molecular complexity index is 520. The van der Waals surface area contributed by atoms with E-state index in [1.807, 2.05) is 18.9 Å². The molecule has 0 aromatic heterocycles. The monoisotopic (exact) mass is 280 g/mol. The van der Waals surface area contributed by atoms with Gasteiger partial charge in [-0.25, -0.2) is 4.39 Å². The summed E-state index contributed by atoms with van der Waals surface area (Å²) in [4.78, 5) is 15.6. The van der Waals surface area contributed by atoms with E-state index < -0.39 is 11.7 Å². The molecule has 5 nitrogen and oxygen atoms in total. The van der Waals surface area contributed by atoms with Gasteiger partial charge >= 0.3 is 0 Å². The number of likely N-dealkylation sites (N-methyl/N-ethyl adjacent to an activating group) is 1. The van der Waals surface area contributed by atoms with Crippen molar-refractivity contribution < 1.29 is 9.18 Å². The molecule has 0 bridgehead atoms. The lowest BCUT2D eigenvalue weighted by atomic mass is 10.1. The molecule has 1 aliphatic heterocycles. The summed E-state index contributed by atoms with van der Waals surface area (Å²) in [6.45, 7) is 4.60. The van der Waals surface area contributed by atoms with Crippen LogP contribution < -0.4 is 16.4 Å². The lowest BCUT2D eigenvalue weighted by molar-refractivity contribution is 0.100. The number of amides is 1. The smallest absolute Gasteiger partial charge is 0.250 e. The summed E-state index contributed by atoms with van der Waals surface area (Å²) in [6, 6.07) is 2.80. The molecule has 1 atom stereocenters. The molecular formula is C14H21FN4O. The lowest BCUT2D eigenvalue weighted by Crippen LogP contribution is -2.38. The fraction of sp³-hybridized carbons (Fsp3) is 0.500. The summed E-state index contributed by atoms with van der Waals surface area (Å²) in [7, 11) is 2.05. The first-order valence-electron chi connectivity index (χ1n) is 6.74. The molecule has 0 aliphatic carbocycles. The highest BCUT2D eigenvalue weighted by Crippen LogP contribution is 2.28. The first-order chi connectivity index (χ1) is 9.40. The third-order valence-electron chi connectivity index (χ3n) is 3.74. The Hall–Kier alpha value is -1.82. The van der Waals surface area contributed by atoms with Crippen LogP contribution in [0.25, 0.3) is 0 Å². The van der Waals surface area contributed by atoms with Crippen LogP contribution in [0.2, 0.25) is 0 Å². The molecule has 1 aliphatic rings. The van der Waals surface area contributed by atoms with Crippen LogP contribution in [0.15, 0.2) is 12.1 Å². The van der Waals surface area contributed by atoms with Crippen molar-refractivity contribution in [3.05, 3.63) is 23.5 Å². The Morgan fingerprint density at radius 2 is 2.10 bits per heavy atom. The number of hydrogen-bond acceptors (Lipinski definition) is 4. The van der Waals surface area contributed by atoms with Crippen molar-refractivity contribution in [1.82, 2.24) is 4.90 Å². The zero-order chi connectivity index (χ0) is 14.9. The SMILES string of the molecule is CC1CN(C)CCCN1c1cc(C(N)=O)c(N)cc1F. The third kappa shape index (κ3) is 2.85. The van der Waals surface area contributed by atoms with Crippen molar-refractivity contribution in [3.8, 4) is 0 Å². The lowest BCUT2D eigenvalue weighted by Gasteiger charge is -2.30. The average molecular weight is 280 g/mol. The van der Waals surface area contributed by atoms with E-state index >= 15 is 0 Å². The zero-order valence-electron chi connectivity index (χ0n) is 11.9. The molecule has 0 radical (unpaired) electrons. The highest BCUT2D eigenvalue weighted by Gasteiger charge is 2.23. The minimum Gasteiger partial charge on any atom is -0.398 e. The topological polar surface area (TPSA) is 75.6 Å². The van der Waals surface area contributed by atoms with E-state index in [9.17, 15) is 9.18 Å². The molecule has 110 valence electrons. The number of carbonyl (C=O) groups excluding carboxylic acids is 1. The normalized spacial score (nSPS) is 20.8. The van der Waals surface area contributed by atoms with Crippen LogP contribution >= 0.6 is 0 Å². The van der Waals surface area contributed by atoms with Gasteiger partial charge in [0.05, 0.1) is 11.3 Å². The van der Waals surface area contributed by atoms with E-state index in [0.29, 0.717) is 5.69 Å². The fourth-order valence-electron chi connectivity index (χ4n) is 2.74. The molecule has 1 fully saturated rings. The number of nitrogens with two attached hydrogens (primary N) is 2. The number of halogens is 1. The number of primary amides is 1. The Morgan fingerprint density at radius 1 is 1.40 bits per heavy atom. The van der Waals surface area contributed by atoms with Crippen molar-refractivity contribution in [2.75, 3.05) is 37.3 Å². The van der Waals surface area contributed by atoms with E-state index in [-0.39, 0.29) is 17.3 Å². The van der Waals surface area contributed by atoms with Crippen molar-refractivity contribution in [2.24, 2.45) is 5.73 Å². The summed E-state index contributed by atoms with van der Waals surface area (Å²) < 4.78 is 14.2. The molecule has 4 N–H and O–H groups in total. The summed E-state index contributed by atoms with van der Waals surface area (Å²) in [5.41, 5.74) is 11.6. The largest absolute Gasteiger partial charge is 0.398 e. The first-order valence-corrected chi connectivity index (χ1v) is 6.74. The van der Waals surface area contributed by atoms with Crippen molar-refractivity contribution >= 4 is 17.3 Å². The number of nitrogen functional groups attached to an aromatic ring is 1. The van der Waals surface area contributed by atoms with Crippen LogP contribution in [0.3, 0.4) is 0 Å². The van der Waals surface area contributed by atoms with Gasteiger partial charge in [-0.15, -0.1) is 0 Å². The highest BCUT2D eigenvalue weighted by atomic mass is 19.1. The van der Waals surface area contributed by atoms with E-state index in [0.717, 1.165) is 26.1 Å². The average Bonchev–Trinajstić information content (AvgIpc) is 2.50. The van der Waals surface area contributed by atoms with Gasteiger partial charge in [0.2, 0.25) is 0 Å². The third-order valence-corrected chi connectivity index (χ3v) is 3.74. The molecule has 0 spiro atoms. The number of carbonyl (C=O) groups is 1. The maximum absolute atomic E-state index is 14.2. The number of hydrogen-bond donors (Lipinski definition) is 2. The Morgan fingerprint density at radius 3 is 2.75 bits per heavy atom. The predicted octanol–water partition coefficient (Wildman–Crippen LogP) is 1.04. The summed E-state index contributed by atoms with van der Waals surface area (Å²) in [6.07, 6.45) is 0.941. The van der Waals surface area contributed by atoms with Gasteiger partial charge in [0.15, 0.2) is 0 Å². The number of benzene rings is 1. The second-order valence-electron chi connectivity index (χ2n) is 5.41. The Balaban J connectivity index is 2.40. The van der Waals surface area contributed by atoms with Crippen molar-refractivity contribution in [3.63, 3.8) is 0 Å². The van der Waals surface area contributed by atoms with Crippen molar-refractivity contribution in [2.45, 2.75) is 19.4 Å². The van der Waals surface area contributed by atoms with E-state index in [4.69, 9.17) is 11.5 Å². The van der Waals surface area contributed by atoms with Crippen LogP contribution in [-0.4, -0.2) is 43.5 Å². The van der Waals surface area contributed by atoms with Gasteiger partial charge in [-0.05, 0) is 39.1 Å². The molecule has 1 amide bonds. The van der Waals surface area contributed by atoms with E-state index in [2.05, 4.69) is 4.90 Å². The highest BCUT2D eigenvalue weighted by molar-refractivity contribution is 5.99. The number of anilines is 2. The standard InChI is InChI=1S/C14H21FN4O/c1-9-8-18(2)4-3-5-19(9)13-6-10(14(17)20)12(16)7-11(13)15/h6-7,9H,3-5,8,16H2,1-2H3,(H2,17,20). The molecule has 1 aromatic rings. The van der Waals surface area contributed by atoms with Crippen LogP contribution in [0.5, 0.6) is 0 Å². The Kier molecular flexibility index (Phi) is 4.13. The van der Waals surface area contributed by atoms with Crippen LogP contribution in [0, 0.1) is 5.82 Å². The molecule has 1 unspecified atom stereocenters. The van der Waals surface area contributed by atoms with Gasteiger partial charge < -0.3 is 21.3 Å². The second kappa shape index (κ2) is 5.66. The van der Waals surface area contributed by atoms with Crippen LogP contribution in [-0.2, 0) is 0 Å². The molecule has 6 heteroatoms. The fourth-order valence-corrected chi connectivity index (χ4v) is 2.74. The quantitative estimate of drug-likeness (QED) is 0.794. The first kappa shape index (κ1) is 14.6. The molecule has 1 aromatic carbocycles. The van der Waals surface area contributed by atoms with Crippen LogP contribution in [0.4, 0.5) is 15.8 Å². The van der Waals surface area contributed by atoms with Gasteiger partial charge in [0, 0.05) is 24.8 Å². The zero-order valence-corrected chi connectivity index (χ0v) is 11.9. The van der Waals surface area contributed by atoms with Gasteiger partial charge in [-0.3, -0.25) is 4.79 Å². The second-order valence-corrected chi connectivity index (χ2v) is 5.41. The summed E-state index contributed by atoms with van der Waals surface area (Å²) >= 11 is 0. The molecular weight excluding hydrogens is 259 g/mol. The van der Waals surface area contributed by atoms with Crippen LogP contribution in [0.1, 0.15) is 23.7 Å². The maximum Gasteiger partial charge on any atom is 0.250 e. The summed E-state index contributed by atoms with van der Waals surface area (Å²) in [5.74, 6) is -1.05. The van der Waals surface area contributed by atoms with E-state index in [1.165, 1.54) is 12.1 Å². The Labute approximate surface area is 118 Å². The number of nitrogens with zero attached hydrogens (tertiary/aromatic N) is 2. The molecule has 20 heavy (non-hydrogen) atoms. The predicted molar refractivity (Wildman–Crippen MR) is 78.3 cm³/mol. The van der Waals surface area contributed by atoms with Crippen molar-refractivity contribution in [1.29, 1.82) is 0 Å². The molecule has 1 saturated heterocycles. The van der Waals surface area contributed by atoms with Gasteiger partial charge in [0.25, 0.3) is 5.91 Å². The molecule has 1 heterocycles. The maximum atomic E-state index is 14.2. The van der Waals surface area contributed by atoms with Gasteiger partial charge in [-0.2, -0.15) is 0 Å².